The minimum atomic E-state index is -5.23. The summed E-state index contributed by atoms with van der Waals surface area (Å²) in [6.07, 6.45) is -11.5. The molecule has 6 N–H and O–H groups in total. The van der Waals surface area contributed by atoms with E-state index in [2.05, 4.69) is 41.8 Å². The number of piperazine rings is 1. The van der Waals surface area contributed by atoms with E-state index in [0.717, 1.165) is 64.1 Å². The Bertz CT molecular complexity index is 2830. The predicted octanol–water partition coefficient (Wildman–Crippen LogP) is 5.94. The summed E-state index contributed by atoms with van der Waals surface area (Å²) in [5, 5.41) is 32.2. The third kappa shape index (κ3) is 14.1. The number of aliphatic hydroxyl groups is 1. The van der Waals surface area contributed by atoms with Crippen LogP contribution in [0.5, 0.6) is 0 Å². The van der Waals surface area contributed by atoms with E-state index in [1.165, 1.54) is 23.5 Å². The summed E-state index contributed by atoms with van der Waals surface area (Å²) in [7, 11) is 0.838. The number of ether oxygens (including phenoxy) is 2. The normalized spacial score (nSPS) is 17.9. The number of aromatic nitrogens is 3. The van der Waals surface area contributed by atoms with Gasteiger partial charge in [0, 0.05) is 73.9 Å². The summed E-state index contributed by atoms with van der Waals surface area (Å²) >= 11 is 0. The second kappa shape index (κ2) is 23.9. The van der Waals surface area contributed by atoms with Crippen molar-refractivity contribution in [1.29, 1.82) is 0 Å². The van der Waals surface area contributed by atoms with Crippen molar-refractivity contribution < 1.29 is 74.0 Å². The lowest BCUT2D eigenvalue weighted by Gasteiger charge is -2.44. The molecule has 2 aliphatic heterocycles. The van der Waals surface area contributed by atoms with Crippen LogP contribution < -0.4 is 26.3 Å². The summed E-state index contributed by atoms with van der Waals surface area (Å²) in [5.41, 5.74) is -3.37. The van der Waals surface area contributed by atoms with Gasteiger partial charge in [-0.1, -0.05) is 24.0 Å². The fourth-order valence-electron chi connectivity index (χ4n) is 8.90. The van der Waals surface area contributed by atoms with E-state index in [9.17, 15) is 55.7 Å². The highest BCUT2D eigenvalue weighted by atomic mass is 19.4. The molecule has 422 valence electrons. The Morgan fingerprint density at radius 3 is 2.05 bits per heavy atom. The molecule has 0 radical (unpaired) electrons. The van der Waals surface area contributed by atoms with Crippen LogP contribution in [-0.2, 0) is 32.0 Å². The third-order valence-corrected chi connectivity index (χ3v) is 14.2. The molecule has 1 aliphatic carbocycles. The molecule has 2 aromatic carbocycles. The van der Waals surface area contributed by atoms with Gasteiger partial charge in [0.15, 0.2) is 0 Å². The molecule has 1 saturated carbocycles. The van der Waals surface area contributed by atoms with Gasteiger partial charge in [-0.2, -0.15) is 31.4 Å². The molecule has 7 rings (SSSR count). The third-order valence-electron chi connectivity index (χ3n) is 14.2. The van der Waals surface area contributed by atoms with Gasteiger partial charge in [-0.15, -0.1) is 0 Å². The summed E-state index contributed by atoms with van der Waals surface area (Å²) in [5.74, 6) is 1.12. The van der Waals surface area contributed by atoms with E-state index in [1.807, 2.05) is 22.9 Å². The van der Waals surface area contributed by atoms with Gasteiger partial charge in [0.25, 0.3) is 5.91 Å². The number of hydrogen-bond donors (Lipinski definition) is 6. The largest absolute Gasteiger partial charge is 0.465 e. The van der Waals surface area contributed by atoms with E-state index in [4.69, 9.17) is 4.74 Å². The lowest BCUT2D eigenvalue weighted by Crippen LogP contribution is -2.63. The van der Waals surface area contributed by atoms with Crippen LogP contribution in [-0.4, -0.2) is 155 Å². The highest BCUT2D eigenvalue weighted by Crippen LogP contribution is 2.42. The number of carbonyl (C=O) groups is 4. The first-order valence-corrected chi connectivity index (χ1v) is 24.8. The minimum Gasteiger partial charge on any atom is -0.465 e. The lowest BCUT2D eigenvalue weighted by atomic mass is 9.82. The molecule has 2 aromatic heterocycles. The summed E-state index contributed by atoms with van der Waals surface area (Å²) in [6, 6.07) is 6.77. The predicted molar refractivity (Wildman–Crippen MR) is 265 cm³/mol. The highest BCUT2D eigenvalue weighted by molar-refractivity contribution is 5.87. The Morgan fingerprint density at radius 2 is 1.46 bits per heavy atom. The van der Waals surface area contributed by atoms with E-state index in [0.29, 0.717) is 62.6 Å². The molecule has 4 heterocycles. The minimum absolute atomic E-state index is 0.0101. The maximum absolute atomic E-state index is 16.1. The summed E-state index contributed by atoms with van der Waals surface area (Å²) in [4.78, 5) is 61.3. The molecule has 4 unspecified atom stereocenters. The number of nitrogens with one attached hydrogen (secondary N) is 4. The number of morpholine rings is 1. The van der Waals surface area contributed by atoms with Crippen LogP contribution in [0.4, 0.5) is 50.5 Å². The number of methoxy groups -OCH3 is 1. The Hall–Kier alpha value is -7.08. The van der Waals surface area contributed by atoms with Crippen LogP contribution in [0.15, 0.2) is 67.0 Å². The number of halogens is 8. The number of hydrazine groups is 1. The number of nitrogens with zero attached hydrogens (tertiary/aromatic N) is 6. The van der Waals surface area contributed by atoms with Crippen molar-refractivity contribution in [2.45, 2.75) is 102 Å². The number of rotatable bonds is 18. The van der Waals surface area contributed by atoms with Crippen LogP contribution >= 0.6 is 0 Å². The number of carbonyl (C=O) groups excluding carboxylic acids is 3. The number of alkyl halides is 6. The number of anilines is 1. The zero-order valence-corrected chi connectivity index (χ0v) is 43.1. The Morgan fingerprint density at radius 1 is 0.833 bits per heavy atom. The van der Waals surface area contributed by atoms with Crippen molar-refractivity contribution in [1.82, 2.24) is 46.0 Å². The first kappa shape index (κ1) is 58.6. The summed E-state index contributed by atoms with van der Waals surface area (Å²) < 4.78 is 131. The Balaban J connectivity index is 1.18. The van der Waals surface area contributed by atoms with Crippen molar-refractivity contribution in [3.63, 3.8) is 0 Å². The van der Waals surface area contributed by atoms with Crippen molar-refractivity contribution in [2.75, 3.05) is 57.9 Å². The van der Waals surface area contributed by atoms with Crippen LogP contribution in [0.25, 0.3) is 11.3 Å². The number of alkyl carbamates (subject to hydrolysis) is 1. The van der Waals surface area contributed by atoms with Gasteiger partial charge in [-0.25, -0.2) is 28.4 Å². The molecular weight excluding hydrogens is 1040 g/mol. The number of benzene rings is 2. The molecule has 3 fully saturated rings. The van der Waals surface area contributed by atoms with Crippen molar-refractivity contribution in [3.8, 4) is 23.1 Å². The molecular formula is C52H60F8N10O8. The first-order chi connectivity index (χ1) is 36.6. The van der Waals surface area contributed by atoms with Gasteiger partial charge in [0.2, 0.25) is 5.91 Å². The van der Waals surface area contributed by atoms with Crippen LogP contribution in [0.2, 0.25) is 0 Å². The smallest absolute Gasteiger partial charge is 0.407 e. The van der Waals surface area contributed by atoms with Gasteiger partial charge in [-0.3, -0.25) is 24.6 Å². The van der Waals surface area contributed by atoms with Crippen molar-refractivity contribution in [2.24, 2.45) is 10.8 Å². The SMILES string of the molecule is COC(=O)NC(C(=O)NC(Cc1ccc(C#Cc2ccc(N3CCN4CCOC[C@H]4C3)nc2)cc1)C(O)CN(Cc1c(F)cc(-c2ccn(C3CC3)n2)cc1F)NC(=O)C(NC(=O)O)C(C)(C)C(F)(F)F)C(C)(C)C(F)(F)F. The first-order valence-electron chi connectivity index (χ1n) is 24.8. The maximum Gasteiger partial charge on any atom is 0.407 e. The number of amides is 4. The maximum atomic E-state index is 16.1. The Labute approximate surface area is 443 Å². The molecule has 4 amide bonds. The molecule has 4 aromatic rings. The van der Waals surface area contributed by atoms with Crippen LogP contribution in [0.1, 0.15) is 68.8 Å². The number of pyridine rings is 1. The standard InChI is InChI=1S/C52H60F8N10O8/c1-49(2,51(55,56)57)43(64-48(76)77-5)45(72)62-40(22-31-9-6-30(7-10-31)8-11-32-12-15-42(61-25-32)68-19-18-67-20-21-78-29-35(67)26-68)41(71)28-69(66-46(73)44(63-47(74)75)50(3,4)52(58,59)60)27-36-37(53)23-33(24-38(36)54)39-16-17-70(65-39)34-13-14-34/h6-7,9-10,12,15-17,23-25,34-35,40-41,43-44,63,71H,13-14,18-22,26-29H2,1-5H3,(H,62,72)(H,64,76)(H,66,73)(H,74,75)/t35-,40?,41?,43?,44?/m1/s1. The fourth-order valence-corrected chi connectivity index (χ4v) is 8.90. The molecule has 78 heavy (non-hydrogen) atoms. The van der Waals surface area contributed by atoms with E-state index < -0.39 is 108 Å². The number of fused-ring (bicyclic) bond motifs is 1. The molecule has 2 saturated heterocycles. The number of carboxylic acid groups (broad SMARTS) is 1. The average Bonchev–Trinajstić information content (AvgIpc) is 4.17. The number of hydrogen-bond acceptors (Lipinski definition) is 12. The van der Waals surface area contributed by atoms with E-state index in [-0.39, 0.29) is 23.3 Å². The zero-order valence-electron chi connectivity index (χ0n) is 43.1. The average molecular weight is 1110 g/mol. The molecule has 18 nitrogen and oxygen atoms in total. The second-order valence-electron chi connectivity index (χ2n) is 20.5. The Kier molecular flexibility index (Phi) is 17.9. The van der Waals surface area contributed by atoms with Crippen LogP contribution in [0.3, 0.4) is 0 Å². The fraction of sp³-hybridized carbons (Fsp3) is 0.500. The zero-order chi connectivity index (χ0) is 56.9. The van der Waals surface area contributed by atoms with Gasteiger partial charge < -0.3 is 40.5 Å². The lowest BCUT2D eigenvalue weighted by molar-refractivity contribution is -0.221. The van der Waals surface area contributed by atoms with Crippen molar-refractivity contribution >= 4 is 29.8 Å². The van der Waals surface area contributed by atoms with Gasteiger partial charge in [0.1, 0.15) is 29.5 Å². The molecule has 3 aliphatic rings. The van der Waals surface area contributed by atoms with Gasteiger partial charge >= 0.3 is 24.5 Å². The highest BCUT2D eigenvalue weighted by Gasteiger charge is 2.57. The number of aliphatic hydroxyl groups excluding tert-OH is 1. The van der Waals surface area contributed by atoms with Crippen LogP contribution in [0, 0.1) is 34.3 Å². The van der Waals surface area contributed by atoms with E-state index in [1.54, 1.807) is 29.2 Å². The van der Waals surface area contributed by atoms with Gasteiger partial charge in [0.05, 0.1) is 61.1 Å². The molecule has 5 atom stereocenters. The molecule has 26 heteroatoms. The quantitative estimate of drug-likeness (QED) is 0.0387. The molecule has 0 spiro atoms. The van der Waals surface area contributed by atoms with Gasteiger partial charge in [-0.05, 0) is 95.0 Å². The van der Waals surface area contributed by atoms with Crippen molar-refractivity contribution in [3.05, 3.63) is 101 Å². The topological polar surface area (TPSA) is 216 Å². The monoisotopic (exact) mass is 1100 g/mol. The van der Waals surface area contributed by atoms with E-state index >= 15 is 8.78 Å². The molecule has 0 bridgehead atoms. The second-order valence-corrected chi connectivity index (χ2v) is 20.5. The summed E-state index contributed by atoms with van der Waals surface area (Å²) in [6.45, 7) is 4.82.